The Labute approximate surface area is 360 Å². The molecule has 4 rings (SSSR count). The molecule has 0 radical (unpaired) electrons. The highest BCUT2D eigenvalue weighted by molar-refractivity contribution is 6.27. The van der Waals surface area contributed by atoms with Crippen molar-refractivity contribution in [1.82, 2.24) is 4.98 Å². The number of hydrogen-bond acceptors (Lipinski definition) is 15. The number of hydrogen-bond donors (Lipinski definition) is 14. The summed E-state index contributed by atoms with van der Waals surface area (Å²) in [4.78, 5) is 103. The third-order valence-corrected chi connectivity index (χ3v) is 6.57. The first kappa shape index (κ1) is 59.8. The molecule has 0 saturated heterocycles. The number of rotatable bonds is 12. The summed E-state index contributed by atoms with van der Waals surface area (Å²) < 4.78 is 0. The lowest BCUT2D eigenvalue weighted by Crippen LogP contribution is -2.42. The van der Waals surface area contributed by atoms with E-state index in [2.05, 4.69) is 10.7 Å². The Morgan fingerprint density at radius 3 is 1.38 bits per heavy atom. The lowest BCUT2D eigenvalue weighted by atomic mass is 9.96. The second-order valence-corrected chi connectivity index (χ2v) is 11.7. The number of carbonyl (C=O) groups is 10. The molecule has 1 heterocycles. The van der Waals surface area contributed by atoms with Crippen LogP contribution in [0.5, 0.6) is 0 Å². The van der Waals surface area contributed by atoms with Crippen molar-refractivity contribution >= 4 is 76.3 Å². The summed E-state index contributed by atoms with van der Waals surface area (Å²) >= 11 is 0. The van der Waals surface area contributed by atoms with Crippen LogP contribution in [0.4, 0.5) is 5.69 Å². The van der Waals surface area contributed by atoms with Gasteiger partial charge in [0.15, 0.2) is 5.60 Å². The highest BCUT2D eigenvalue weighted by Gasteiger charge is 2.40. The van der Waals surface area contributed by atoms with E-state index in [1.807, 2.05) is 48.5 Å². The molecule has 0 fully saturated rings. The van der Waals surface area contributed by atoms with Crippen LogP contribution in [-0.2, 0) is 44.8 Å². The van der Waals surface area contributed by atoms with Gasteiger partial charge in [-0.2, -0.15) is 0 Å². The van der Waals surface area contributed by atoms with Crippen LogP contribution in [0.1, 0.15) is 52.6 Å². The molecule has 348 valence electrons. The molecule has 0 spiro atoms. The summed E-state index contributed by atoms with van der Waals surface area (Å²) in [7, 11) is 0. The second kappa shape index (κ2) is 32.3. The van der Waals surface area contributed by atoms with Gasteiger partial charge in [0, 0.05) is 17.5 Å². The van der Waals surface area contributed by atoms with Crippen LogP contribution >= 0.6 is 0 Å². The second-order valence-electron chi connectivity index (χ2n) is 11.7. The van der Waals surface area contributed by atoms with Crippen LogP contribution < -0.4 is 17.2 Å². The fourth-order valence-corrected chi connectivity index (χ4v) is 3.55. The number of para-hydroxylation sites is 2. The van der Waals surface area contributed by atoms with Gasteiger partial charge in [-0.25, -0.2) is 29.0 Å². The third-order valence-electron chi connectivity index (χ3n) is 6.57. The summed E-state index contributed by atoms with van der Waals surface area (Å²) in [5.41, 5.74) is 14.7. The molecule has 17 N–H and O–H groups in total. The third kappa shape index (κ3) is 29.6. The molecule has 1 atom stereocenters. The van der Waals surface area contributed by atoms with Crippen molar-refractivity contribution in [3.8, 4) is 0 Å². The number of aromatic nitrogens is 1. The number of nitrogens with two attached hydrogens (primary N) is 3. The minimum Gasteiger partial charge on any atom is -0.481 e. The Morgan fingerprint density at radius 2 is 1.03 bits per heavy atom. The van der Waals surface area contributed by atoms with Crippen LogP contribution in [-0.4, -0.2) is 139 Å². The molecule has 0 saturated carbocycles. The number of carboxylic acid groups (broad SMARTS) is 10. The molecule has 1 aromatic heterocycles. The molecule has 25 nitrogen and oxygen atoms in total. The number of nitrogens with zero attached hydrogens (tertiary/aromatic N) is 1. The number of nitrogen functional groups attached to an aromatic ring is 1. The first-order chi connectivity index (χ1) is 29.6. The van der Waals surface area contributed by atoms with Crippen molar-refractivity contribution in [1.29, 1.82) is 0 Å². The minimum absolute atomic E-state index is 0.0821. The average Bonchev–Trinajstić information content (AvgIpc) is 3.21. The van der Waals surface area contributed by atoms with Crippen LogP contribution in [0.25, 0.3) is 10.9 Å². The van der Waals surface area contributed by atoms with E-state index in [0.29, 0.717) is 17.6 Å². The molecule has 64 heavy (non-hydrogen) atoms. The van der Waals surface area contributed by atoms with Crippen LogP contribution in [0.15, 0.2) is 91.0 Å². The van der Waals surface area contributed by atoms with Crippen LogP contribution in [0.3, 0.4) is 0 Å². The van der Waals surface area contributed by atoms with Crippen molar-refractivity contribution in [2.45, 2.75) is 44.2 Å². The number of aliphatic hydroxyl groups is 1. The number of aromatic carboxylic acids is 2. The normalized spacial score (nSPS) is 9.88. The van der Waals surface area contributed by atoms with Crippen molar-refractivity contribution in [2.24, 2.45) is 11.5 Å². The lowest BCUT2D eigenvalue weighted by molar-refractivity contribution is -0.170. The van der Waals surface area contributed by atoms with Gasteiger partial charge in [-0.05, 0) is 36.2 Å². The van der Waals surface area contributed by atoms with Crippen molar-refractivity contribution in [3.05, 3.63) is 108 Å². The Morgan fingerprint density at radius 1 is 0.594 bits per heavy atom. The first-order valence-electron chi connectivity index (χ1n) is 17.3. The fourth-order valence-electron chi connectivity index (χ4n) is 3.55. The van der Waals surface area contributed by atoms with E-state index in [4.69, 9.17) is 77.2 Å². The van der Waals surface area contributed by atoms with Gasteiger partial charge in [-0.3, -0.25) is 24.0 Å². The molecule has 4 aromatic rings. The van der Waals surface area contributed by atoms with Gasteiger partial charge < -0.3 is 73.4 Å². The SMILES string of the molecule is CCC(=O)O.NC(Cc1ccccc1)C(=O)O.NCC(=O)O.Nc1ccccc1C(=O)O.O=C(O)C(=O)O.O=C(O)CC(O)(CC(=O)O)C(=O)O.O=C(O)c1ccc2ccccc2n1. The Hall–Kier alpha value is -8.55. The van der Waals surface area contributed by atoms with E-state index in [-0.39, 0.29) is 24.2 Å². The molecule has 25 heteroatoms. The largest absolute Gasteiger partial charge is 0.481 e. The Kier molecular flexibility index (Phi) is 30.1. The topological polar surface area (TPSA) is 484 Å². The zero-order valence-corrected chi connectivity index (χ0v) is 33.5. The summed E-state index contributed by atoms with van der Waals surface area (Å²) in [6.45, 7) is 1.32. The molecular formula is C39H46N4O21. The number of carboxylic acids is 10. The van der Waals surface area contributed by atoms with Crippen LogP contribution in [0.2, 0.25) is 0 Å². The maximum atomic E-state index is 10.6. The van der Waals surface area contributed by atoms with Gasteiger partial charge in [0.05, 0.1) is 30.5 Å². The van der Waals surface area contributed by atoms with Gasteiger partial charge in [0.25, 0.3) is 0 Å². The zero-order chi connectivity index (χ0) is 50.2. The number of fused-ring (bicyclic) bond motifs is 1. The Bertz CT molecular complexity index is 2140. The van der Waals surface area contributed by atoms with Gasteiger partial charge in [0.2, 0.25) is 0 Å². The van der Waals surface area contributed by atoms with Crippen molar-refractivity contribution < 1.29 is 104 Å². The standard InChI is InChI=1S/C10H7NO2.C9H11NO2.C7H7NO2.C6H8O7.C3H6O2.C2H5NO2.C2H2O4/c12-10(13)9-6-5-7-3-1-2-4-8(7)11-9;10-8(9(11)12)6-7-4-2-1-3-5-7;8-6-4-2-1-3-5(6)7(9)10;7-3(8)1-6(13,5(11)12)2-4(9)10;1-2-3(4)5;3-1-2(4)5;3-1(4)2(5)6/h1-6H,(H,12,13);1-5,8H,6,10H2,(H,11,12);1-4H,8H2,(H,9,10);13H,1-2H2,(H,7,8)(H,9,10)(H,11,12);2H2,1H3,(H,4,5);1,3H2,(H,4,5);(H,3,4)(H,5,6). The summed E-state index contributed by atoms with van der Waals surface area (Å²) in [5, 5.41) is 90.5. The van der Waals surface area contributed by atoms with Crippen molar-refractivity contribution in [3.63, 3.8) is 0 Å². The lowest BCUT2D eigenvalue weighted by Gasteiger charge is -2.18. The predicted molar refractivity (Wildman–Crippen MR) is 219 cm³/mol. The Balaban J connectivity index is -0.000000700. The molecular weight excluding hydrogens is 860 g/mol. The van der Waals surface area contributed by atoms with Gasteiger partial charge in [-0.1, -0.05) is 73.7 Å². The maximum Gasteiger partial charge on any atom is 0.414 e. The molecule has 0 bridgehead atoms. The van der Waals surface area contributed by atoms with E-state index in [1.54, 1.807) is 37.3 Å². The number of anilines is 1. The molecule has 0 aliphatic carbocycles. The summed E-state index contributed by atoms with van der Waals surface area (Å²) in [5.74, 6) is -13.3. The summed E-state index contributed by atoms with van der Waals surface area (Å²) in [6, 6.07) is 25.6. The molecule has 3 aromatic carbocycles. The molecule has 0 amide bonds. The van der Waals surface area contributed by atoms with E-state index in [1.165, 1.54) is 12.1 Å². The average molecular weight is 907 g/mol. The van der Waals surface area contributed by atoms with Gasteiger partial charge in [0.1, 0.15) is 11.7 Å². The van der Waals surface area contributed by atoms with E-state index < -0.39 is 84.2 Å². The number of aliphatic carboxylic acids is 8. The fraction of sp³-hybridized carbons (Fsp3) is 0.205. The maximum absolute atomic E-state index is 10.6. The van der Waals surface area contributed by atoms with E-state index in [9.17, 15) is 38.4 Å². The first-order valence-corrected chi connectivity index (χ1v) is 17.3. The smallest absolute Gasteiger partial charge is 0.414 e. The van der Waals surface area contributed by atoms with E-state index >= 15 is 0 Å². The summed E-state index contributed by atoms with van der Waals surface area (Å²) in [6.07, 6.45) is -1.68. The quantitative estimate of drug-likeness (QED) is 0.0695. The highest BCUT2D eigenvalue weighted by atomic mass is 16.4. The van der Waals surface area contributed by atoms with Crippen molar-refractivity contribution in [2.75, 3.05) is 12.3 Å². The van der Waals surface area contributed by atoms with Gasteiger partial charge in [-0.15, -0.1) is 0 Å². The molecule has 0 aliphatic rings. The minimum atomic E-state index is -2.74. The molecule has 0 aliphatic heterocycles. The zero-order valence-electron chi connectivity index (χ0n) is 33.5. The van der Waals surface area contributed by atoms with E-state index in [0.717, 1.165) is 10.9 Å². The predicted octanol–water partition coefficient (Wildman–Crippen LogP) is 0.959. The monoisotopic (exact) mass is 906 g/mol. The highest BCUT2D eigenvalue weighted by Crippen LogP contribution is 2.16. The van der Waals surface area contributed by atoms with Crippen LogP contribution in [0, 0.1) is 0 Å². The molecule has 1 unspecified atom stereocenters. The number of pyridine rings is 1. The van der Waals surface area contributed by atoms with Gasteiger partial charge >= 0.3 is 59.7 Å². The number of benzene rings is 3.